The maximum Gasteiger partial charge on any atom is 0.335 e. The zero-order valence-electron chi connectivity index (χ0n) is 14.5. The summed E-state index contributed by atoms with van der Waals surface area (Å²) in [5.74, 6) is -0.961. The van der Waals surface area contributed by atoms with Crippen LogP contribution in [0.4, 0.5) is 0 Å². The second-order valence-corrected chi connectivity index (χ2v) is 7.47. The van der Waals surface area contributed by atoms with E-state index in [1.54, 1.807) is 42.7 Å². The number of fused-ring (bicyclic) bond motifs is 3. The van der Waals surface area contributed by atoms with Crippen molar-refractivity contribution in [3.05, 3.63) is 56.4 Å². The smallest absolute Gasteiger partial charge is 0.335 e. The van der Waals surface area contributed by atoms with Crippen molar-refractivity contribution in [1.29, 1.82) is 0 Å². The first-order chi connectivity index (χ1) is 12.4. The number of hydrogen-bond acceptors (Lipinski definition) is 5. The molecule has 0 spiro atoms. The lowest BCUT2D eigenvalue weighted by molar-refractivity contribution is 0.0696. The van der Waals surface area contributed by atoms with Crippen LogP contribution in [-0.4, -0.2) is 30.4 Å². The summed E-state index contributed by atoms with van der Waals surface area (Å²) >= 11 is 1.55. The van der Waals surface area contributed by atoms with E-state index >= 15 is 0 Å². The first kappa shape index (κ1) is 16.5. The van der Waals surface area contributed by atoms with Crippen molar-refractivity contribution in [1.82, 2.24) is 19.3 Å². The van der Waals surface area contributed by atoms with Gasteiger partial charge < -0.3 is 9.67 Å². The van der Waals surface area contributed by atoms with Crippen molar-refractivity contribution in [2.24, 2.45) is 7.05 Å². The Morgan fingerprint density at radius 2 is 2.08 bits per heavy atom. The van der Waals surface area contributed by atoms with Gasteiger partial charge in [-0.25, -0.2) is 14.5 Å². The number of carboxylic acid groups (broad SMARTS) is 1. The van der Waals surface area contributed by atoms with Crippen LogP contribution in [0, 0.1) is 13.8 Å². The van der Waals surface area contributed by atoms with Gasteiger partial charge in [0.15, 0.2) is 5.65 Å². The number of carboxylic acids is 1. The summed E-state index contributed by atoms with van der Waals surface area (Å²) in [6.07, 6.45) is 1.70. The molecule has 8 heteroatoms. The Morgan fingerprint density at radius 1 is 1.31 bits per heavy atom. The molecule has 4 rings (SSSR count). The third-order valence-corrected chi connectivity index (χ3v) is 5.48. The molecular weight excluding hydrogens is 352 g/mol. The summed E-state index contributed by atoms with van der Waals surface area (Å²) in [4.78, 5) is 28.6. The highest BCUT2D eigenvalue weighted by Crippen LogP contribution is 2.30. The van der Waals surface area contributed by atoms with Crippen molar-refractivity contribution in [2.45, 2.75) is 20.4 Å². The lowest BCUT2D eigenvalue weighted by Crippen LogP contribution is -2.24. The molecule has 0 aliphatic carbocycles. The molecule has 3 heterocycles. The monoisotopic (exact) mass is 368 g/mol. The van der Waals surface area contributed by atoms with Crippen molar-refractivity contribution in [3.8, 4) is 0 Å². The van der Waals surface area contributed by atoms with Gasteiger partial charge in [0.25, 0.3) is 5.56 Å². The molecule has 3 aromatic heterocycles. The van der Waals surface area contributed by atoms with E-state index in [0.717, 1.165) is 26.3 Å². The molecule has 0 unspecified atom stereocenters. The highest BCUT2D eigenvalue weighted by Gasteiger charge is 2.17. The molecule has 0 saturated carbocycles. The summed E-state index contributed by atoms with van der Waals surface area (Å²) in [7, 11) is 1.83. The first-order valence-corrected chi connectivity index (χ1v) is 8.83. The van der Waals surface area contributed by atoms with E-state index in [0.29, 0.717) is 11.1 Å². The van der Waals surface area contributed by atoms with E-state index in [2.05, 4.69) is 10.1 Å². The van der Waals surface area contributed by atoms with Crippen molar-refractivity contribution in [3.63, 3.8) is 0 Å². The number of rotatable bonds is 3. The quantitative estimate of drug-likeness (QED) is 0.600. The van der Waals surface area contributed by atoms with E-state index in [9.17, 15) is 9.59 Å². The summed E-state index contributed by atoms with van der Waals surface area (Å²) in [5.41, 5.74) is 2.92. The van der Waals surface area contributed by atoms with Crippen LogP contribution in [-0.2, 0) is 13.6 Å². The SMILES string of the molecule is Cc1nc2c(s1)c1cnn(Cc3ccc(C(=O)O)c(C)c3)c(=O)c1n2C. The minimum atomic E-state index is -0.961. The minimum absolute atomic E-state index is 0.187. The molecular formula is C18H16N4O3S. The number of carbonyl (C=O) groups is 1. The fourth-order valence-corrected chi connectivity index (χ4v) is 4.20. The third-order valence-electron chi connectivity index (χ3n) is 4.49. The third kappa shape index (κ3) is 2.41. The predicted octanol–water partition coefficient (Wildman–Crippen LogP) is 2.71. The molecule has 0 saturated heterocycles. The van der Waals surface area contributed by atoms with E-state index < -0.39 is 5.97 Å². The molecule has 0 radical (unpaired) electrons. The van der Waals surface area contributed by atoms with Crippen LogP contribution >= 0.6 is 11.3 Å². The molecule has 7 nitrogen and oxygen atoms in total. The lowest BCUT2D eigenvalue weighted by Gasteiger charge is -2.08. The molecule has 1 N–H and O–H groups in total. The van der Waals surface area contributed by atoms with Gasteiger partial charge in [-0.05, 0) is 31.0 Å². The molecule has 0 atom stereocenters. The Bertz CT molecular complexity index is 1250. The topological polar surface area (TPSA) is 90.0 Å². The fourth-order valence-electron chi connectivity index (χ4n) is 3.24. The number of aromatic carboxylic acids is 1. The Balaban J connectivity index is 1.82. The van der Waals surface area contributed by atoms with Crippen LogP contribution in [0.2, 0.25) is 0 Å². The van der Waals surface area contributed by atoms with E-state index in [-0.39, 0.29) is 17.7 Å². The fraction of sp³-hybridized carbons (Fsp3) is 0.222. The van der Waals surface area contributed by atoms with Gasteiger partial charge in [0, 0.05) is 12.4 Å². The largest absolute Gasteiger partial charge is 0.478 e. The van der Waals surface area contributed by atoms with Gasteiger partial charge in [0.05, 0.1) is 28.0 Å². The molecule has 0 aliphatic heterocycles. The Kier molecular flexibility index (Phi) is 3.66. The average molecular weight is 368 g/mol. The summed E-state index contributed by atoms with van der Waals surface area (Å²) in [6, 6.07) is 5.04. The van der Waals surface area contributed by atoms with Crippen molar-refractivity contribution >= 4 is 38.6 Å². The zero-order valence-corrected chi connectivity index (χ0v) is 15.3. The maximum atomic E-state index is 12.9. The molecule has 4 aromatic rings. The normalized spacial score (nSPS) is 11.5. The Morgan fingerprint density at radius 3 is 2.77 bits per heavy atom. The number of aromatic nitrogens is 4. The number of benzene rings is 1. The van der Waals surface area contributed by atoms with Gasteiger partial charge in [-0.15, -0.1) is 11.3 Å². The molecule has 132 valence electrons. The zero-order chi connectivity index (χ0) is 18.6. The van der Waals surface area contributed by atoms with Crippen LogP contribution < -0.4 is 5.56 Å². The minimum Gasteiger partial charge on any atom is -0.478 e. The summed E-state index contributed by atoms with van der Waals surface area (Å²) in [5, 5.41) is 15.2. The van der Waals surface area contributed by atoms with Gasteiger partial charge >= 0.3 is 5.97 Å². The molecule has 0 amide bonds. The lowest BCUT2D eigenvalue weighted by atomic mass is 10.1. The highest BCUT2D eigenvalue weighted by molar-refractivity contribution is 7.19. The Labute approximate surface area is 152 Å². The van der Waals surface area contributed by atoms with Gasteiger partial charge in [-0.2, -0.15) is 5.10 Å². The van der Waals surface area contributed by atoms with E-state index in [1.807, 2.05) is 18.5 Å². The standard InChI is InChI=1S/C18H16N4O3S/c1-9-6-11(4-5-12(9)18(24)25)8-22-17(23)14-13(7-19-22)15-16(21(14)3)20-10(2)26-15/h4-7H,8H2,1-3H3,(H,24,25). The van der Waals surface area contributed by atoms with Crippen LogP contribution in [0.5, 0.6) is 0 Å². The second kappa shape index (κ2) is 5.77. The van der Waals surface area contributed by atoms with Gasteiger partial charge in [-0.3, -0.25) is 4.79 Å². The Hall–Kier alpha value is -3.00. The predicted molar refractivity (Wildman–Crippen MR) is 100 cm³/mol. The van der Waals surface area contributed by atoms with Gasteiger partial charge in [0.1, 0.15) is 5.52 Å². The molecule has 0 fully saturated rings. The van der Waals surface area contributed by atoms with Gasteiger partial charge in [0.2, 0.25) is 0 Å². The van der Waals surface area contributed by atoms with Crippen molar-refractivity contribution < 1.29 is 9.90 Å². The number of hydrogen-bond donors (Lipinski definition) is 1. The van der Waals surface area contributed by atoms with Crippen LogP contribution in [0.3, 0.4) is 0 Å². The molecule has 0 aliphatic rings. The molecule has 1 aromatic carbocycles. The van der Waals surface area contributed by atoms with Crippen LogP contribution in [0.1, 0.15) is 26.5 Å². The number of nitrogens with zero attached hydrogens (tertiary/aromatic N) is 4. The summed E-state index contributed by atoms with van der Waals surface area (Å²) in [6.45, 7) is 3.96. The first-order valence-electron chi connectivity index (χ1n) is 8.01. The second-order valence-electron chi connectivity index (χ2n) is 6.27. The number of thiazole rings is 1. The van der Waals surface area contributed by atoms with Crippen LogP contribution in [0.15, 0.2) is 29.2 Å². The van der Waals surface area contributed by atoms with Crippen LogP contribution in [0.25, 0.3) is 21.3 Å². The van der Waals surface area contributed by atoms with E-state index in [4.69, 9.17) is 5.11 Å². The summed E-state index contributed by atoms with van der Waals surface area (Å²) < 4.78 is 4.18. The number of aryl methyl sites for hydroxylation is 3. The maximum absolute atomic E-state index is 12.9. The molecule has 0 bridgehead atoms. The van der Waals surface area contributed by atoms with E-state index in [1.165, 1.54) is 4.68 Å². The molecule has 26 heavy (non-hydrogen) atoms. The highest BCUT2D eigenvalue weighted by atomic mass is 32.1. The van der Waals surface area contributed by atoms with Crippen molar-refractivity contribution in [2.75, 3.05) is 0 Å². The van der Waals surface area contributed by atoms with Gasteiger partial charge in [-0.1, -0.05) is 12.1 Å². The average Bonchev–Trinajstić information content (AvgIpc) is 3.07.